The average Bonchev–Trinajstić information content (AvgIpc) is 2.83. The molecule has 3 aromatic rings. The molecule has 0 radical (unpaired) electrons. The zero-order valence-corrected chi connectivity index (χ0v) is 18.9. The summed E-state index contributed by atoms with van der Waals surface area (Å²) in [5, 5.41) is 14.4. The van der Waals surface area contributed by atoms with E-state index in [-0.39, 0.29) is 11.9 Å². The largest absolute Gasteiger partial charge is 0.497 e. The van der Waals surface area contributed by atoms with Gasteiger partial charge in [-0.25, -0.2) is 4.39 Å². The highest BCUT2D eigenvalue weighted by molar-refractivity contribution is 5.94. The highest BCUT2D eigenvalue weighted by Gasteiger charge is 2.46. The van der Waals surface area contributed by atoms with E-state index in [0.717, 1.165) is 16.9 Å². The maximum absolute atomic E-state index is 13.3. The molecule has 0 bridgehead atoms. The summed E-state index contributed by atoms with van der Waals surface area (Å²) >= 11 is 0. The molecular formula is C27H29FN2O3. The Labute approximate surface area is 193 Å². The fourth-order valence-electron chi connectivity index (χ4n) is 4.47. The van der Waals surface area contributed by atoms with E-state index in [1.165, 1.54) is 24.3 Å². The number of nitrogens with zero attached hydrogens (tertiary/aromatic N) is 1. The van der Waals surface area contributed by atoms with E-state index < -0.39 is 17.5 Å². The quantitative estimate of drug-likeness (QED) is 0.589. The van der Waals surface area contributed by atoms with Gasteiger partial charge in [0.15, 0.2) is 0 Å². The third kappa shape index (κ3) is 5.24. The van der Waals surface area contributed by atoms with E-state index >= 15 is 0 Å². The van der Waals surface area contributed by atoms with Crippen molar-refractivity contribution < 1.29 is 19.0 Å². The second-order valence-corrected chi connectivity index (χ2v) is 8.74. The molecular weight excluding hydrogens is 419 g/mol. The van der Waals surface area contributed by atoms with Crippen molar-refractivity contribution in [1.29, 1.82) is 0 Å². The van der Waals surface area contributed by atoms with Gasteiger partial charge >= 0.3 is 0 Å². The van der Waals surface area contributed by atoms with Crippen LogP contribution >= 0.6 is 0 Å². The van der Waals surface area contributed by atoms with E-state index in [1.807, 2.05) is 54.6 Å². The van der Waals surface area contributed by atoms with Crippen molar-refractivity contribution in [3.8, 4) is 5.75 Å². The van der Waals surface area contributed by atoms with Gasteiger partial charge in [0.25, 0.3) is 5.91 Å². The number of aliphatic hydroxyl groups is 1. The summed E-state index contributed by atoms with van der Waals surface area (Å²) in [7, 11) is 1.64. The van der Waals surface area contributed by atoms with Crippen molar-refractivity contribution in [1.82, 2.24) is 10.2 Å². The highest BCUT2D eigenvalue weighted by Crippen LogP contribution is 2.38. The summed E-state index contributed by atoms with van der Waals surface area (Å²) in [6.45, 7) is 3.09. The Morgan fingerprint density at radius 2 is 1.76 bits per heavy atom. The van der Waals surface area contributed by atoms with Crippen LogP contribution in [0.4, 0.5) is 4.39 Å². The molecule has 1 amide bonds. The Balaban J connectivity index is 1.66. The molecule has 0 saturated carbocycles. The molecule has 4 rings (SSSR count). The van der Waals surface area contributed by atoms with Crippen molar-refractivity contribution in [3.63, 3.8) is 0 Å². The van der Waals surface area contributed by atoms with Crippen molar-refractivity contribution in [2.75, 3.05) is 13.7 Å². The van der Waals surface area contributed by atoms with Gasteiger partial charge in [0, 0.05) is 18.7 Å². The van der Waals surface area contributed by atoms with Crippen LogP contribution in [0, 0.1) is 5.82 Å². The first-order valence-corrected chi connectivity index (χ1v) is 11.1. The standard InChI is InChI=1S/C27H29FN2O3/c1-27(32)16-17-30(18-19-8-14-23(33-2)15-9-19)24(20-6-4-3-5-7-20)25(27)29-26(31)21-10-12-22(28)13-11-21/h3-15,24-25,32H,16-18H2,1-2H3,(H,29,31)/t24-,25-,27+/m0/s1. The molecule has 3 atom stereocenters. The number of piperidine rings is 1. The van der Waals surface area contributed by atoms with Crippen molar-refractivity contribution in [2.45, 2.75) is 37.6 Å². The lowest BCUT2D eigenvalue weighted by Gasteiger charge is -2.49. The van der Waals surface area contributed by atoms with Gasteiger partial charge in [0.05, 0.1) is 24.8 Å². The van der Waals surface area contributed by atoms with Crippen molar-refractivity contribution in [2.24, 2.45) is 0 Å². The number of hydrogen-bond donors (Lipinski definition) is 2. The molecule has 5 nitrogen and oxygen atoms in total. The molecule has 0 unspecified atom stereocenters. The van der Waals surface area contributed by atoms with Crippen LogP contribution in [0.1, 0.15) is 40.9 Å². The predicted octanol–water partition coefficient (Wildman–Crippen LogP) is 4.33. The molecule has 3 aromatic carbocycles. The molecule has 1 aliphatic heterocycles. The molecule has 0 aliphatic carbocycles. The van der Waals surface area contributed by atoms with Crippen LogP contribution in [-0.4, -0.2) is 41.2 Å². The monoisotopic (exact) mass is 448 g/mol. The van der Waals surface area contributed by atoms with Gasteiger partial charge in [0.1, 0.15) is 11.6 Å². The van der Waals surface area contributed by atoms with Crippen LogP contribution in [0.25, 0.3) is 0 Å². The number of methoxy groups -OCH3 is 1. The number of halogens is 1. The van der Waals surface area contributed by atoms with Gasteiger partial charge in [-0.05, 0) is 60.9 Å². The normalized spacial score (nSPS) is 23.2. The Kier molecular flexibility index (Phi) is 6.77. The maximum Gasteiger partial charge on any atom is 0.251 e. The lowest BCUT2D eigenvalue weighted by molar-refractivity contribution is -0.0664. The number of carbonyl (C=O) groups is 1. The second kappa shape index (κ2) is 9.73. The lowest BCUT2D eigenvalue weighted by Crippen LogP contribution is -2.62. The van der Waals surface area contributed by atoms with E-state index in [1.54, 1.807) is 14.0 Å². The molecule has 6 heteroatoms. The topological polar surface area (TPSA) is 61.8 Å². The van der Waals surface area contributed by atoms with Crippen LogP contribution in [0.15, 0.2) is 78.9 Å². The SMILES string of the molecule is COc1ccc(CN2CC[C@@](C)(O)[C@@H](NC(=O)c3ccc(F)cc3)[C@@H]2c2ccccc2)cc1. The van der Waals surface area contributed by atoms with Crippen molar-refractivity contribution in [3.05, 3.63) is 101 Å². The maximum atomic E-state index is 13.3. The summed E-state index contributed by atoms with van der Waals surface area (Å²) in [4.78, 5) is 15.3. The van der Waals surface area contributed by atoms with Crippen LogP contribution in [0.5, 0.6) is 5.75 Å². The van der Waals surface area contributed by atoms with Crippen LogP contribution in [0.2, 0.25) is 0 Å². The summed E-state index contributed by atoms with van der Waals surface area (Å²) in [5.74, 6) is 0.0564. The zero-order valence-electron chi connectivity index (χ0n) is 18.9. The first kappa shape index (κ1) is 23.0. The minimum Gasteiger partial charge on any atom is -0.497 e. The average molecular weight is 449 g/mol. The third-order valence-corrected chi connectivity index (χ3v) is 6.36. The predicted molar refractivity (Wildman–Crippen MR) is 125 cm³/mol. The van der Waals surface area contributed by atoms with Gasteiger partial charge in [-0.1, -0.05) is 42.5 Å². The van der Waals surface area contributed by atoms with E-state index in [4.69, 9.17) is 4.74 Å². The third-order valence-electron chi connectivity index (χ3n) is 6.36. The summed E-state index contributed by atoms with van der Waals surface area (Å²) in [5.41, 5.74) is 1.36. The Morgan fingerprint density at radius 1 is 1.09 bits per heavy atom. The molecule has 1 heterocycles. The van der Waals surface area contributed by atoms with Crippen LogP contribution in [-0.2, 0) is 6.54 Å². The second-order valence-electron chi connectivity index (χ2n) is 8.74. The number of carbonyl (C=O) groups excluding carboxylic acids is 1. The Morgan fingerprint density at radius 3 is 2.39 bits per heavy atom. The van der Waals surface area contributed by atoms with Crippen LogP contribution < -0.4 is 10.1 Å². The van der Waals surface area contributed by atoms with Gasteiger partial charge in [-0.3, -0.25) is 9.69 Å². The first-order chi connectivity index (χ1) is 15.9. The lowest BCUT2D eigenvalue weighted by atomic mass is 9.79. The number of likely N-dealkylation sites (tertiary alicyclic amines) is 1. The summed E-state index contributed by atoms with van der Waals surface area (Å²) < 4.78 is 18.6. The minimum absolute atomic E-state index is 0.249. The first-order valence-electron chi connectivity index (χ1n) is 11.1. The molecule has 1 aliphatic rings. The minimum atomic E-state index is -1.12. The molecule has 0 aromatic heterocycles. The smallest absolute Gasteiger partial charge is 0.251 e. The number of benzene rings is 3. The Bertz CT molecular complexity index is 1070. The molecule has 0 spiro atoms. The van der Waals surface area contributed by atoms with Gasteiger partial charge in [-0.15, -0.1) is 0 Å². The zero-order chi connectivity index (χ0) is 23.4. The molecule has 1 saturated heterocycles. The molecule has 172 valence electrons. The van der Waals surface area contributed by atoms with E-state index in [2.05, 4.69) is 10.2 Å². The Hall–Kier alpha value is -3.22. The number of rotatable bonds is 6. The number of hydrogen-bond acceptors (Lipinski definition) is 4. The number of nitrogens with one attached hydrogen (secondary N) is 1. The highest BCUT2D eigenvalue weighted by atomic mass is 19.1. The number of ether oxygens (including phenoxy) is 1. The molecule has 33 heavy (non-hydrogen) atoms. The van der Waals surface area contributed by atoms with Gasteiger partial charge in [-0.2, -0.15) is 0 Å². The van der Waals surface area contributed by atoms with Crippen LogP contribution in [0.3, 0.4) is 0 Å². The fraction of sp³-hybridized carbons (Fsp3) is 0.296. The van der Waals surface area contributed by atoms with Gasteiger partial charge < -0.3 is 15.2 Å². The summed E-state index contributed by atoms with van der Waals surface area (Å²) in [6, 6.07) is 22.4. The number of amides is 1. The fourth-order valence-corrected chi connectivity index (χ4v) is 4.47. The van der Waals surface area contributed by atoms with E-state index in [9.17, 15) is 14.3 Å². The molecule has 1 fully saturated rings. The van der Waals surface area contributed by atoms with E-state index in [0.29, 0.717) is 25.1 Å². The van der Waals surface area contributed by atoms with Crippen molar-refractivity contribution >= 4 is 5.91 Å². The van der Waals surface area contributed by atoms with Gasteiger partial charge in [0.2, 0.25) is 0 Å². The summed E-state index contributed by atoms with van der Waals surface area (Å²) in [6.07, 6.45) is 0.501. The molecule has 2 N–H and O–H groups in total.